The van der Waals surface area contributed by atoms with Crippen LogP contribution in [0.1, 0.15) is 21.5 Å². The van der Waals surface area contributed by atoms with Crippen LogP contribution in [0.25, 0.3) is 11.4 Å². The zero-order valence-electron chi connectivity index (χ0n) is 18.6. The Morgan fingerprint density at radius 2 is 1.50 bits per heavy atom. The van der Waals surface area contributed by atoms with Crippen molar-refractivity contribution in [2.24, 2.45) is 0 Å². The molecule has 1 heterocycles. The van der Waals surface area contributed by atoms with Crippen molar-refractivity contribution in [3.05, 3.63) is 88.4 Å². The molecule has 0 atom stereocenters. The summed E-state index contributed by atoms with van der Waals surface area (Å²) in [6.07, 6.45) is -9.44. The summed E-state index contributed by atoms with van der Waals surface area (Å²) in [5.41, 5.74) is -1.79. The van der Waals surface area contributed by atoms with Gasteiger partial charge in [-0.15, -0.1) is 0 Å². The second kappa shape index (κ2) is 10.2. The van der Waals surface area contributed by atoms with Crippen LogP contribution in [-0.2, 0) is 12.4 Å². The number of nitrogens with zero attached hydrogens (tertiary/aromatic N) is 3. The van der Waals surface area contributed by atoms with Crippen molar-refractivity contribution in [1.82, 2.24) is 15.0 Å². The van der Waals surface area contributed by atoms with Crippen LogP contribution in [0.3, 0.4) is 0 Å². The Hall–Kier alpha value is -4.39. The number of nitrogens with one attached hydrogen (secondary N) is 1. The minimum atomic E-state index is -4.84. The van der Waals surface area contributed by atoms with Gasteiger partial charge in [0, 0.05) is 11.3 Å². The summed E-state index contributed by atoms with van der Waals surface area (Å²) in [5, 5.41) is 11.4. The van der Waals surface area contributed by atoms with Gasteiger partial charge in [-0.05, 0) is 48.5 Å². The number of carboxylic acid groups (broad SMARTS) is 1. The summed E-state index contributed by atoms with van der Waals surface area (Å²) in [6.45, 7) is 0. The van der Waals surface area contributed by atoms with Gasteiger partial charge in [0.05, 0.1) is 21.7 Å². The van der Waals surface area contributed by atoms with Crippen molar-refractivity contribution in [3.63, 3.8) is 0 Å². The molecule has 0 fully saturated rings. The molecule has 0 aliphatic carbocycles. The summed E-state index contributed by atoms with van der Waals surface area (Å²) < 4.78 is 84.8. The van der Waals surface area contributed by atoms with Crippen molar-refractivity contribution in [1.29, 1.82) is 0 Å². The van der Waals surface area contributed by atoms with Gasteiger partial charge >= 0.3 is 24.3 Å². The van der Waals surface area contributed by atoms with Crippen molar-refractivity contribution in [2.45, 2.75) is 12.4 Å². The van der Waals surface area contributed by atoms with Crippen LogP contribution in [0.5, 0.6) is 11.8 Å². The van der Waals surface area contributed by atoms with Gasteiger partial charge in [0.25, 0.3) is 0 Å². The van der Waals surface area contributed by atoms with Gasteiger partial charge in [-0.1, -0.05) is 29.8 Å². The van der Waals surface area contributed by atoms with Crippen LogP contribution in [0.15, 0.2) is 66.7 Å². The van der Waals surface area contributed by atoms with Gasteiger partial charge in [0.15, 0.2) is 11.6 Å². The Kier molecular flexibility index (Phi) is 7.14. The minimum absolute atomic E-state index is 0.0148. The molecule has 0 spiro atoms. The number of aromatic nitrogens is 3. The molecule has 4 aromatic rings. The van der Waals surface area contributed by atoms with E-state index in [4.69, 9.17) is 21.4 Å². The number of carbonyl (C=O) groups is 1. The maximum absolute atomic E-state index is 13.5. The SMILES string of the molecule is O=C(O)c1ccc(Nc2nc(Oc3c(Cl)cccc3C(F)(F)F)nc(-c3ccc(C(F)(F)F)cc3)n2)cc1. The van der Waals surface area contributed by atoms with E-state index in [-0.39, 0.29) is 22.9 Å². The average molecular weight is 555 g/mol. The lowest BCUT2D eigenvalue weighted by molar-refractivity contribution is -0.139. The lowest BCUT2D eigenvalue weighted by atomic mass is 10.1. The van der Waals surface area contributed by atoms with E-state index in [9.17, 15) is 31.1 Å². The van der Waals surface area contributed by atoms with E-state index < -0.39 is 46.2 Å². The average Bonchev–Trinajstić information content (AvgIpc) is 2.84. The van der Waals surface area contributed by atoms with E-state index in [2.05, 4.69) is 20.3 Å². The number of hydrogen-bond acceptors (Lipinski definition) is 6. The number of para-hydroxylation sites is 1. The highest BCUT2D eigenvalue weighted by atomic mass is 35.5. The third-order valence-electron chi connectivity index (χ3n) is 4.94. The van der Waals surface area contributed by atoms with Crippen molar-refractivity contribution in [2.75, 3.05) is 5.32 Å². The summed E-state index contributed by atoms with van der Waals surface area (Å²) in [6, 6.07) is 11.4. The first-order valence-corrected chi connectivity index (χ1v) is 10.8. The molecule has 0 saturated carbocycles. The fourth-order valence-electron chi connectivity index (χ4n) is 3.15. The maximum atomic E-state index is 13.5. The van der Waals surface area contributed by atoms with Gasteiger partial charge < -0.3 is 15.2 Å². The molecule has 0 aliphatic rings. The van der Waals surface area contributed by atoms with Gasteiger partial charge in [-0.3, -0.25) is 0 Å². The van der Waals surface area contributed by atoms with Crippen LogP contribution in [0, 0.1) is 0 Å². The third-order valence-corrected chi connectivity index (χ3v) is 5.24. The Morgan fingerprint density at radius 3 is 2.08 bits per heavy atom. The number of alkyl halides is 6. The van der Waals surface area contributed by atoms with Crippen LogP contribution < -0.4 is 10.1 Å². The van der Waals surface area contributed by atoms with Gasteiger partial charge in [-0.25, -0.2) is 4.79 Å². The molecule has 0 aliphatic heterocycles. The lowest BCUT2D eigenvalue weighted by Crippen LogP contribution is -2.09. The first-order valence-electron chi connectivity index (χ1n) is 10.4. The number of carboxylic acids is 1. The molecule has 2 N–H and O–H groups in total. The molecule has 1 aromatic heterocycles. The van der Waals surface area contributed by atoms with Crippen LogP contribution in [0.2, 0.25) is 5.02 Å². The molecule has 0 bridgehead atoms. The van der Waals surface area contributed by atoms with E-state index in [0.29, 0.717) is 5.69 Å². The Balaban J connectivity index is 1.77. The number of rotatable bonds is 6. The molecule has 4 rings (SSSR count). The molecule has 196 valence electrons. The van der Waals surface area contributed by atoms with E-state index in [1.54, 1.807) is 0 Å². The molecule has 7 nitrogen and oxygen atoms in total. The number of aromatic carboxylic acids is 1. The first-order chi connectivity index (χ1) is 17.8. The monoisotopic (exact) mass is 554 g/mol. The minimum Gasteiger partial charge on any atom is -0.478 e. The summed E-state index contributed by atoms with van der Waals surface area (Å²) in [5.74, 6) is -2.44. The zero-order chi connectivity index (χ0) is 27.7. The van der Waals surface area contributed by atoms with Gasteiger partial charge in [0.1, 0.15) is 0 Å². The molecule has 0 unspecified atom stereocenters. The predicted molar refractivity (Wildman–Crippen MR) is 123 cm³/mol. The third kappa shape index (κ3) is 6.11. The molecular weight excluding hydrogens is 542 g/mol. The summed E-state index contributed by atoms with van der Waals surface area (Å²) >= 11 is 5.95. The first kappa shape index (κ1) is 26.7. The van der Waals surface area contributed by atoms with Crippen LogP contribution >= 0.6 is 11.6 Å². The van der Waals surface area contributed by atoms with E-state index in [0.717, 1.165) is 42.5 Å². The van der Waals surface area contributed by atoms with E-state index >= 15 is 0 Å². The number of anilines is 2. The Labute approximate surface area is 214 Å². The second-order valence-corrected chi connectivity index (χ2v) is 7.97. The predicted octanol–water partition coefficient (Wildman–Crippen LogP) is 7.46. The molecule has 3 aromatic carbocycles. The quantitative estimate of drug-likeness (QED) is 0.239. The normalized spacial score (nSPS) is 11.8. The highest BCUT2D eigenvalue weighted by molar-refractivity contribution is 6.32. The molecule has 0 radical (unpaired) electrons. The molecular formula is C24H13ClF6N4O3. The number of benzene rings is 3. The Morgan fingerprint density at radius 1 is 0.842 bits per heavy atom. The van der Waals surface area contributed by atoms with Crippen molar-refractivity contribution < 1.29 is 41.0 Å². The highest BCUT2D eigenvalue weighted by Crippen LogP contribution is 2.42. The number of ether oxygens (including phenoxy) is 1. The lowest BCUT2D eigenvalue weighted by Gasteiger charge is -2.15. The van der Waals surface area contributed by atoms with Crippen molar-refractivity contribution >= 4 is 29.2 Å². The molecule has 14 heteroatoms. The fourth-order valence-corrected chi connectivity index (χ4v) is 3.36. The largest absolute Gasteiger partial charge is 0.478 e. The molecule has 0 saturated heterocycles. The Bertz CT molecular complexity index is 1480. The summed E-state index contributed by atoms with van der Waals surface area (Å²) in [4.78, 5) is 23.1. The highest BCUT2D eigenvalue weighted by Gasteiger charge is 2.36. The van der Waals surface area contributed by atoms with Crippen LogP contribution in [-0.4, -0.2) is 26.0 Å². The second-order valence-electron chi connectivity index (χ2n) is 7.56. The van der Waals surface area contributed by atoms with E-state index in [1.165, 1.54) is 24.3 Å². The number of hydrogen-bond donors (Lipinski definition) is 2. The standard InChI is InChI=1S/C24H13ClF6N4O3/c25-17-3-1-2-16(24(29,30)31)18(17)38-22-34-19(12-4-8-14(9-5-12)23(26,27)28)33-21(35-22)32-15-10-6-13(7-11-15)20(36)37/h1-11H,(H,36,37)(H,32,33,34,35). The summed E-state index contributed by atoms with van der Waals surface area (Å²) in [7, 11) is 0. The number of halogens is 7. The zero-order valence-corrected chi connectivity index (χ0v) is 19.4. The van der Waals surface area contributed by atoms with Gasteiger partial charge in [-0.2, -0.15) is 41.3 Å². The maximum Gasteiger partial charge on any atom is 0.420 e. The molecule has 38 heavy (non-hydrogen) atoms. The van der Waals surface area contributed by atoms with E-state index in [1.807, 2.05) is 0 Å². The molecule has 0 amide bonds. The fraction of sp³-hybridized carbons (Fsp3) is 0.0833. The topological polar surface area (TPSA) is 97.2 Å². The van der Waals surface area contributed by atoms with Crippen molar-refractivity contribution in [3.8, 4) is 23.1 Å². The van der Waals surface area contributed by atoms with Crippen LogP contribution in [0.4, 0.5) is 38.0 Å². The van der Waals surface area contributed by atoms with Gasteiger partial charge in [0.2, 0.25) is 5.95 Å². The smallest absolute Gasteiger partial charge is 0.420 e.